The quantitative estimate of drug-likeness (QED) is 0.761. The molecule has 0 radical (unpaired) electrons. The van der Waals surface area contributed by atoms with E-state index in [2.05, 4.69) is 15.5 Å². The Morgan fingerprint density at radius 1 is 1.27 bits per heavy atom. The van der Waals surface area contributed by atoms with Gasteiger partial charge in [-0.15, -0.1) is 5.10 Å². The van der Waals surface area contributed by atoms with Crippen molar-refractivity contribution < 1.29 is 4.74 Å². The molecule has 2 heterocycles. The van der Waals surface area contributed by atoms with Gasteiger partial charge in [0.15, 0.2) is 0 Å². The summed E-state index contributed by atoms with van der Waals surface area (Å²) in [5.41, 5.74) is 2.62. The van der Waals surface area contributed by atoms with Crippen LogP contribution in [0.2, 0.25) is 0 Å². The standard InChI is InChI=1S/C11H17N3O/c1-2-4-10-9(3-1)11(14-13-10)15-8-5-6-12-7-8/h8,12H,1-7H2,(H,13,14). The Bertz CT molecular complexity index is 342. The predicted molar refractivity (Wildman–Crippen MR) is 57.1 cm³/mol. The van der Waals surface area contributed by atoms with Gasteiger partial charge in [0.2, 0.25) is 5.88 Å². The van der Waals surface area contributed by atoms with Crippen molar-refractivity contribution in [2.75, 3.05) is 13.1 Å². The predicted octanol–water partition coefficient (Wildman–Crippen LogP) is 1.03. The van der Waals surface area contributed by atoms with E-state index in [1.54, 1.807) is 0 Å². The van der Waals surface area contributed by atoms with Crippen molar-refractivity contribution in [3.05, 3.63) is 11.3 Å². The summed E-state index contributed by atoms with van der Waals surface area (Å²) < 4.78 is 5.91. The van der Waals surface area contributed by atoms with E-state index >= 15 is 0 Å². The van der Waals surface area contributed by atoms with Crippen LogP contribution in [0.5, 0.6) is 5.88 Å². The summed E-state index contributed by atoms with van der Waals surface area (Å²) in [4.78, 5) is 0. The average Bonchev–Trinajstić information content (AvgIpc) is 2.89. The van der Waals surface area contributed by atoms with Gasteiger partial charge in [0.05, 0.1) is 0 Å². The molecule has 4 heteroatoms. The minimum absolute atomic E-state index is 0.319. The van der Waals surface area contributed by atoms with E-state index in [1.807, 2.05) is 0 Å². The summed E-state index contributed by atoms with van der Waals surface area (Å²) >= 11 is 0. The molecule has 2 N–H and O–H groups in total. The SMILES string of the molecule is C1CCc2c(OC3CCNC3)n[nH]c2C1. The molecule has 3 rings (SSSR count). The van der Waals surface area contributed by atoms with Crippen LogP contribution < -0.4 is 10.1 Å². The highest BCUT2D eigenvalue weighted by Crippen LogP contribution is 2.28. The Morgan fingerprint density at radius 2 is 2.20 bits per heavy atom. The van der Waals surface area contributed by atoms with E-state index < -0.39 is 0 Å². The highest BCUT2D eigenvalue weighted by Gasteiger charge is 2.22. The van der Waals surface area contributed by atoms with Gasteiger partial charge < -0.3 is 10.1 Å². The lowest BCUT2D eigenvalue weighted by atomic mass is 9.98. The van der Waals surface area contributed by atoms with E-state index in [1.165, 1.54) is 24.1 Å². The van der Waals surface area contributed by atoms with E-state index in [9.17, 15) is 0 Å². The van der Waals surface area contributed by atoms with E-state index in [0.717, 1.165) is 38.2 Å². The second-order valence-corrected chi connectivity index (χ2v) is 4.43. The maximum atomic E-state index is 5.91. The molecule has 1 saturated heterocycles. The normalized spacial score (nSPS) is 25.2. The average molecular weight is 207 g/mol. The maximum absolute atomic E-state index is 5.91. The van der Waals surface area contributed by atoms with E-state index in [-0.39, 0.29) is 0 Å². The van der Waals surface area contributed by atoms with Crippen molar-refractivity contribution in [3.8, 4) is 5.88 Å². The van der Waals surface area contributed by atoms with Gasteiger partial charge in [-0.25, -0.2) is 0 Å². The van der Waals surface area contributed by atoms with Gasteiger partial charge in [-0.3, -0.25) is 5.10 Å². The molecule has 1 aliphatic carbocycles. The van der Waals surface area contributed by atoms with Gasteiger partial charge in [0.25, 0.3) is 0 Å². The molecule has 1 unspecified atom stereocenters. The Kier molecular flexibility index (Phi) is 2.37. The molecule has 0 bridgehead atoms. The fraction of sp³-hybridized carbons (Fsp3) is 0.727. The number of hydrogen-bond donors (Lipinski definition) is 2. The van der Waals surface area contributed by atoms with Crippen molar-refractivity contribution in [2.45, 2.75) is 38.2 Å². The largest absolute Gasteiger partial charge is 0.472 e. The van der Waals surface area contributed by atoms with Crippen molar-refractivity contribution in [2.24, 2.45) is 0 Å². The molecular formula is C11H17N3O. The van der Waals surface area contributed by atoms with Crippen LogP contribution in [0.3, 0.4) is 0 Å². The number of nitrogens with zero attached hydrogens (tertiary/aromatic N) is 1. The lowest BCUT2D eigenvalue weighted by molar-refractivity contribution is 0.211. The van der Waals surface area contributed by atoms with Gasteiger partial charge >= 0.3 is 0 Å². The van der Waals surface area contributed by atoms with Crippen LogP contribution in [-0.2, 0) is 12.8 Å². The van der Waals surface area contributed by atoms with Gasteiger partial charge in [0, 0.05) is 17.8 Å². The first-order chi connectivity index (χ1) is 7.43. The van der Waals surface area contributed by atoms with E-state index in [0.29, 0.717) is 6.10 Å². The number of aryl methyl sites for hydroxylation is 1. The van der Waals surface area contributed by atoms with Crippen LogP contribution in [0.1, 0.15) is 30.5 Å². The van der Waals surface area contributed by atoms with Crippen molar-refractivity contribution >= 4 is 0 Å². The lowest BCUT2D eigenvalue weighted by Crippen LogP contribution is -2.20. The highest BCUT2D eigenvalue weighted by atomic mass is 16.5. The molecular weight excluding hydrogens is 190 g/mol. The summed E-state index contributed by atoms with van der Waals surface area (Å²) in [6.45, 7) is 2.03. The third kappa shape index (κ3) is 1.74. The first-order valence-electron chi connectivity index (χ1n) is 5.87. The zero-order valence-corrected chi connectivity index (χ0v) is 8.88. The van der Waals surface area contributed by atoms with E-state index in [4.69, 9.17) is 4.74 Å². The number of nitrogens with one attached hydrogen (secondary N) is 2. The maximum Gasteiger partial charge on any atom is 0.236 e. The molecule has 2 aliphatic rings. The van der Waals surface area contributed by atoms with Crippen molar-refractivity contribution in [1.82, 2.24) is 15.5 Å². The van der Waals surface area contributed by atoms with Crippen LogP contribution in [0.15, 0.2) is 0 Å². The first-order valence-corrected chi connectivity index (χ1v) is 5.87. The molecule has 1 fully saturated rings. The molecule has 1 aromatic heterocycles. The monoisotopic (exact) mass is 207 g/mol. The smallest absolute Gasteiger partial charge is 0.236 e. The minimum Gasteiger partial charge on any atom is -0.472 e. The van der Waals surface area contributed by atoms with Crippen molar-refractivity contribution in [1.29, 1.82) is 0 Å². The molecule has 1 atom stereocenters. The molecule has 1 aliphatic heterocycles. The number of fused-ring (bicyclic) bond motifs is 1. The fourth-order valence-electron chi connectivity index (χ4n) is 2.43. The second-order valence-electron chi connectivity index (χ2n) is 4.43. The molecule has 0 aromatic carbocycles. The number of aromatic amines is 1. The Morgan fingerprint density at radius 3 is 3.07 bits per heavy atom. The molecule has 82 valence electrons. The number of H-pyrrole nitrogens is 1. The summed E-state index contributed by atoms with van der Waals surface area (Å²) in [5.74, 6) is 0.860. The minimum atomic E-state index is 0.319. The first kappa shape index (κ1) is 9.21. The third-order valence-corrected chi connectivity index (χ3v) is 3.31. The van der Waals surface area contributed by atoms with Gasteiger partial charge in [-0.2, -0.15) is 0 Å². The number of aromatic nitrogens is 2. The number of ether oxygens (including phenoxy) is 1. The van der Waals surface area contributed by atoms with Crippen LogP contribution in [0, 0.1) is 0 Å². The van der Waals surface area contributed by atoms with Crippen LogP contribution in [-0.4, -0.2) is 29.4 Å². The van der Waals surface area contributed by atoms with Gasteiger partial charge in [-0.05, 0) is 38.6 Å². The summed E-state index contributed by atoms with van der Waals surface area (Å²) in [5, 5.41) is 10.7. The lowest BCUT2D eigenvalue weighted by Gasteiger charge is -2.14. The van der Waals surface area contributed by atoms with Gasteiger partial charge in [0.1, 0.15) is 6.10 Å². The Labute approximate surface area is 89.4 Å². The summed E-state index contributed by atoms with van der Waals surface area (Å²) in [7, 11) is 0. The fourth-order valence-corrected chi connectivity index (χ4v) is 2.43. The molecule has 0 spiro atoms. The molecule has 1 aromatic rings. The third-order valence-electron chi connectivity index (χ3n) is 3.31. The number of rotatable bonds is 2. The molecule has 0 amide bonds. The van der Waals surface area contributed by atoms with Crippen LogP contribution in [0.25, 0.3) is 0 Å². The van der Waals surface area contributed by atoms with Gasteiger partial charge in [-0.1, -0.05) is 0 Å². The van der Waals surface area contributed by atoms with Crippen molar-refractivity contribution in [3.63, 3.8) is 0 Å². The summed E-state index contributed by atoms with van der Waals surface area (Å²) in [6.07, 6.45) is 6.22. The molecule has 0 saturated carbocycles. The Hall–Kier alpha value is -1.03. The summed E-state index contributed by atoms with van der Waals surface area (Å²) in [6, 6.07) is 0. The molecule has 4 nitrogen and oxygen atoms in total. The highest BCUT2D eigenvalue weighted by molar-refractivity contribution is 5.32. The Balaban J connectivity index is 1.76. The zero-order valence-electron chi connectivity index (χ0n) is 8.88. The topological polar surface area (TPSA) is 49.9 Å². The molecule has 15 heavy (non-hydrogen) atoms. The zero-order chi connectivity index (χ0) is 10.1. The van der Waals surface area contributed by atoms with Crippen LogP contribution in [0.4, 0.5) is 0 Å². The van der Waals surface area contributed by atoms with Crippen LogP contribution >= 0.6 is 0 Å². The second kappa shape index (κ2) is 3.85. The number of hydrogen-bond acceptors (Lipinski definition) is 3.